The molecule has 32 heavy (non-hydrogen) atoms. The van der Waals surface area contributed by atoms with Crippen LogP contribution in [0.1, 0.15) is 10.5 Å². The number of halogens is 3. The maximum Gasteiger partial charge on any atom is 0.387 e. The number of non-ortho nitro benzene ring substituents is 1. The van der Waals surface area contributed by atoms with Crippen LogP contribution in [0.3, 0.4) is 0 Å². The van der Waals surface area contributed by atoms with Crippen LogP contribution in [0.25, 0.3) is 17.0 Å². The molecule has 10 nitrogen and oxygen atoms in total. The number of anilines is 1. The third-order valence-electron chi connectivity index (χ3n) is 4.24. The van der Waals surface area contributed by atoms with Gasteiger partial charge in [-0.05, 0) is 24.3 Å². The standard InChI is InChI=1S/C19H11ClF2N6O4/c20-13-7-11(4-5-16(13)32-18(21)22)25-17(29)15-8-14(26-19-23-9-24-27(15)19)10-2-1-3-12(6-10)28(30)31/h1-9,18H,(H,25,29). The molecule has 0 aliphatic heterocycles. The number of fused-ring (bicyclic) bond motifs is 1. The second-order valence-electron chi connectivity index (χ2n) is 6.28. The lowest BCUT2D eigenvalue weighted by Crippen LogP contribution is -2.17. The van der Waals surface area contributed by atoms with E-state index in [1.165, 1.54) is 53.3 Å². The van der Waals surface area contributed by atoms with Gasteiger partial charge in [-0.15, -0.1) is 0 Å². The van der Waals surface area contributed by atoms with Gasteiger partial charge in [0.15, 0.2) is 0 Å². The summed E-state index contributed by atoms with van der Waals surface area (Å²) in [5.74, 6) is -0.777. The molecule has 2 aromatic carbocycles. The van der Waals surface area contributed by atoms with Crippen LogP contribution in [-0.2, 0) is 0 Å². The van der Waals surface area contributed by atoms with Crippen molar-refractivity contribution in [2.75, 3.05) is 5.32 Å². The minimum atomic E-state index is -3.04. The van der Waals surface area contributed by atoms with E-state index in [0.29, 0.717) is 5.56 Å². The summed E-state index contributed by atoms with van der Waals surface area (Å²) in [6.07, 6.45) is 1.20. The van der Waals surface area contributed by atoms with Gasteiger partial charge >= 0.3 is 6.61 Å². The molecule has 0 aliphatic rings. The maximum absolute atomic E-state index is 12.9. The van der Waals surface area contributed by atoms with Crippen LogP contribution in [0.5, 0.6) is 5.75 Å². The van der Waals surface area contributed by atoms with Crippen LogP contribution in [0.4, 0.5) is 20.2 Å². The van der Waals surface area contributed by atoms with Crippen LogP contribution in [-0.4, -0.2) is 37.0 Å². The summed E-state index contributed by atoms with van der Waals surface area (Å²) in [4.78, 5) is 31.7. The zero-order valence-electron chi connectivity index (χ0n) is 15.8. The van der Waals surface area contributed by atoms with Gasteiger partial charge in [-0.2, -0.15) is 23.4 Å². The summed E-state index contributed by atoms with van der Waals surface area (Å²) >= 11 is 5.92. The molecule has 0 atom stereocenters. The molecule has 1 N–H and O–H groups in total. The number of benzene rings is 2. The van der Waals surface area contributed by atoms with E-state index < -0.39 is 17.4 Å². The van der Waals surface area contributed by atoms with Gasteiger partial charge in [0.05, 0.1) is 15.6 Å². The van der Waals surface area contributed by atoms with Crippen molar-refractivity contribution in [1.82, 2.24) is 19.6 Å². The van der Waals surface area contributed by atoms with Crippen molar-refractivity contribution < 1.29 is 23.2 Å². The average molecular weight is 461 g/mol. The summed E-state index contributed by atoms with van der Waals surface area (Å²) in [5.41, 5.74) is 0.757. The fraction of sp³-hybridized carbons (Fsp3) is 0.0526. The molecule has 1 amide bonds. The van der Waals surface area contributed by atoms with E-state index in [2.05, 4.69) is 25.1 Å². The van der Waals surface area contributed by atoms with E-state index in [1.54, 1.807) is 6.07 Å². The first-order valence-corrected chi connectivity index (χ1v) is 9.21. The fourth-order valence-electron chi connectivity index (χ4n) is 2.87. The lowest BCUT2D eigenvalue weighted by Gasteiger charge is -2.11. The second-order valence-corrected chi connectivity index (χ2v) is 6.69. The van der Waals surface area contributed by atoms with E-state index in [9.17, 15) is 23.7 Å². The average Bonchev–Trinajstić information content (AvgIpc) is 3.23. The van der Waals surface area contributed by atoms with Crippen molar-refractivity contribution >= 4 is 34.7 Å². The van der Waals surface area contributed by atoms with Gasteiger partial charge in [0.1, 0.15) is 17.8 Å². The Balaban J connectivity index is 1.69. The Morgan fingerprint density at radius 3 is 2.75 bits per heavy atom. The number of rotatable bonds is 6. The molecule has 2 aromatic heterocycles. The van der Waals surface area contributed by atoms with Crippen molar-refractivity contribution in [3.63, 3.8) is 0 Å². The second kappa shape index (κ2) is 8.51. The normalized spacial score (nSPS) is 11.0. The van der Waals surface area contributed by atoms with E-state index in [1.807, 2.05) is 0 Å². The number of aromatic nitrogens is 4. The molecule has 162 valence electrons. The Labute approximate surface area is 182 Å². The van der Waals surface area contributed by atoms with E-state index in [4.69, 9.17) is 11.6 Å². The third-order valence-corrected chi connectivity index (χ3v) is 4.54. The number of nitro groups is 1. The molecule has 0 spiro atoms. The van der Waals surface area contributed by atoms with Crippen LogP contribution in [0.15, 0.2) is 54.9 Å². The predicted molar refractivity (Wildman–Crippen MR) is 109 cm³/mol. The van der Waals surface area contributed by atoms with Crippen molar-refractivity contribution in [2.24, 2.45) is 0 Å². The highest BCUT2D eigenvalue weighted by Crippen LogP contribution is 2.29. The molecule has 0 bridgehead atoms. The van der Waals surface area contributed by atoms with Crippen LogP contribution in [0.2, 0.25) is 5.02 Å². The highest BCUT2D eigenvalue weighted by atomic mass is 35.5. The van der Waals surface area contributed by atoms with Gasteiger partial charge in [0, 0.05) is 23.4 Å². The van der Waals surface area contributed by atoms with Crippen molar-refractivity contribution in [2.45, 2.75) is 6.61 Å². The molecule has 4 rings (SSSR count). The van der Waals surface area contributed by atoms with Gasteiger partial charge in [-0.1, -0.05) is 23.7 Å². The number of alkyl halides is 2. The van der Waals surface area contributed by atoms with Gasteiger partial charge < -0.3 is 10.1 Å². The van der Waals surface area contributed by atoms with Crippen LogP contribution < -0.4 is 10.1 Å². The molecule has 0 fully saturated rings. The molecule has 2 heterocycles. The number of nitrogens with one attached hydrogen (secondary N) is 1. The largest absolute Gasteiger partial charge is 0.433 e. The number of nitrogens with zero attached hydrogens (tertiary/aromatic N) is 5. The lowest BCUT2D eigenvalue weighted by atomic mass is 10.1. The molecule has 0 unspecified atom stereocenters. The van der Waals surface area contributed by atoms with Crippen LogP contribution in [0, 0.1) is 10.1 Å². The SMILES string of the molecule is O=C(Nc1ccc(OC(F)F)c(Cl)c1)c1cc(-c2cccc([N+](=O)[O-])c2)nc2ncnn12. The minimum absolute atomic E-state index is 0.0260. The van der Waals surface area contributed by atoms with Gasteiger partial charge in [0.2, 0.25) is 0 Å². The molecule has 13 heteroatoms. The van der Waals surface area contributed by atoms with E-state index >= 15 is 0 Å². The molecular weight excluding hydrogens is 450 g/mol. The molecule has 0 saturated heterocycles. The first-order chi connectivity index (χ1) is 15.3. The zero-order chi connectivity index (χ0) is 22.8. The highest BCUT2D eigenvalue weighted by Gasteiger charge is 2.18. The first kappa shape index (κ1) is 21.1. The minimum Gasteiger partial charge on any atom is -0.433 e. The molecule has 0 saturated carbocycles. The van der Waals surface area contributed by atoms with E-state index in [-0.39, 0.29) is 39.3 Å². The quantitative estimate of drug-likeness (QED) is 0.337. The Hall–Kier alpha value is -4.19. The Morgan fingerprint density at radius 1 is 1.22 bits per heavy atom. The Morgan fingerprint density at radius 2 is 2.03 bits per heavy atom. The molecule has 0 radical (unpaired) electrons. The monoisotopic (exact) mass is 460 g/mol. The number of amides is 1. The smallest absolute Gasteiger partial charge is 0.387 e. The molecule has 0 aliphatic carbocycles. The van der Waals surface area contributed by atoms with E-state index in [0.717, 1.165) is 0 Å². The number of carbonyl (C=O) groups excluding carboxylic acids is 1. The molecular formula is C19H11ClF2N6O4. The lowest BCUT2D eigenvalue weighted by molar-refractivity contribution is -0.384. The summed E-state index contributed by atoms with van der Waals surface area (Å²) in [6, 6.07) is 10.9. The van der Waals surface area contributed by atoms with Gasteiger partial charge in [-0.3, -0.25) is 14.9 Å². The van der Waals surface area contributed by atoms with Crippen LogP contribution >= 0.6 is 11.6 Å². The van der Waals surface area contributed by atoms with Gasteiger partial charge in [0.25, 0.3) is 17.4 Å². The Kier molecular flexibility index (Phi) is 5.60. The van der Waals surface area contributed by atoms with Crippen molar-refractivity contribution in [1.29, 1.82) is 0 Å². The number of hydrogen-bond acceptors (Lipinski definition) is 7. The Bertz CT molecular complexity index is 1350. The zero-order valence-corrected chi connectivity index (χ0v) is 16.5. The maximum atomic E-state index is 12.9. The van der Waals surface area contributed by atoms with Crippen molar-refractivity contribution in [3.05, 3.63) is 75.7 Å². The summed E-state index contributed by atoms with van der Waals surface area (Å²) in [7, 11) is 0. The molecule has 4 aromatic rings. The number of nitro benzene ring substituents is 1. The third kappa shape index (κ3) is 4.30. The van der Waals surface area contributed by atoms with Gasteiger partial charge in [-0.25, -0.2) is 4.98 Å². The highest BCUT2D eigenvalue weighted by molar-refractivity contribution is 6.32. The number of ether oxygens (including phenoxy) is 1. The summed E-state index contributed by atoms with van der Waals surface area (Å²) in [6.45, 7) is -3.04. The predicted octanol–water partition coefficient (Wildman–Crippen LogP) is 4.21. The summed E-state index contributed by atoms with van der Waals surface area (Å²) < 4.78 is 30.2. The summed E-state index contributed by atoms with van der Waals surface area (Å²) in [5, 5.41) is 17.5. The first-order valence-electron chi connectivity index (χ1n) is 8.83. The van der Waals surface area contributed by atoms with Crippen molar-refractivity contribution in [3.8, 4) is 17.0 Å². The topological polar surface area (TPSA) is 125 Å². The number of hydrogen-bond donors (Lipinski definition) is 1. The fourth-order valence-corrected chi connectivity index (χ4v) is 3.09. The number of carbonyl (C=O) groups is 1.